The number of allylic oxidation sites excluding steroid dienone is 1. The lowest BCUT2D eigenvalue weighted by Gasteiger charge is -2.59. The summed E-state index contributed by atoms with van der Waals surface area (Å²) in [5.41, 5.74) is 1.57. The van der Waals surface area contributed by atoms with Gasteiger partial charge in [0.1, 0.15) is 0 Å². The Morgan fingerprint density at radius 2 is 1.66 bits per heavy atom. The van der Waals surface area contributed by atoms with Gasteiger partial charge in [0.15, 0.2) is 0 Å². The Bertz CT molecular complexity index is 731. The summed E-state index contributed by atoms with van der Waals surface area (Å²) in [5, 5.41) is 21.8. The molecule has 4 saturated carbocycles. The van der Waals surface area contributed by atoms with E-state index < -0.39 is 5.60 Å². The maximum atomic E-state index is 11.1. The molecular formula is C30H50O2. The molecule has 0 aromatic carbocycles. The van der Waals surface area contributed by atoms with Crippen LogP contribution in [0.4, 0.5) is 0 Å². The highest BCUT2D eigenvalue weighted by Crippen LogP contribution is 2.67. The van der Waals surface area contributed by atoms with Crippen LogP contribution >= 0.6 is 0 Å². The third-order valence-electron chi connectivity index (χ3n) is 12.0. The second-order valence-electron chi connectivity index (χ2n) is 14.0. The molecule has 0 bridgehead atoms. The van der Waals surface area contributed by atoms with E-state index >= 15 is 0 Å². The van der Waals surface area contributed by atoms with Gasteiger partial charge in [-0.3, -0.25) is 0 Å². The second-order valence-corrected chi connectivity index (χ2v) is 14.0. The largest absolute Gasteiger partial charge is 0.390 e. The summed E-state index contributed by atoms with van der Waals surface area (Å²) in [6.07, 6.45) is 20.6. The van der Waals surface area contributed by atoms with E-state index in [-0.39, 0.29) is 5.60 Å². The van der Waals surface area contributed by atoms with Crippen LogP contribution in [-0.4, -0.2) is 21.4 Å². The first kappa shape index (κ1) is 23.4. The highest BCUT2D eigenvalue weighted by molar-refractivity contribution is 5.26. The van der Waals surface area contributed by atoms with E-state index in [1.54, 1.807) is 5.57 Å². The zero-order chi connectivity index (χ0) is 22.8. The fourth-order valence-corrected chi connectivity index (χ4v) is 9.94. The minimum atomic E-state index is -0.488. The normalized spacial score (nSPS) is 48.9. The minimum Gasteiger partial charge on any atom is -0.390 e. The van der Waals surface area contributed by atoms with Gasteiger partial charge in [-0.25, -0.2) is 0 Å². The van der Waals surface area contributed by atoms with Crippen LogP contribution in [0.25, 0.3) is 0 Å². The second kappa shape index (κ2) is 8.11. The van der Waals surface area contributed by atoms with Crippen molar-refractivity contribution in [3.05, 3.63) is 11.6 Å². The van der Waals surface area contributed by atoms with Crippen LogP contribution in [0.2, 0.25) is 0 Å². The lowest BCUT2D eigenvalue weighted by Crippen LogP contribution is -2.52. The number of aliphatic hydroxyl groups is 2. The molecule has 0 radical (unpaired) electrons. The maximum Gasteiger partial charge on any atom is 0.0657 e. The van der Waals surface area contributed by atoms with Crippen LogP contribution < -0.4 is 0 Å². The Morgan fingerprint density at radius 1 is 0.906 bits per heavy atom. The van der Waals surface area contributed by atoms with Gasteiger partial charge in [0, 0.05) is 0 Å². The van der Waals surface area contributed by atoms with Crippen molar-refractivity contribution < 1.29 is 10.2 Å². The van der Waals surface area contributed by atoms with Crippen molar-refractivity contribution in [2.45, 2.75) is 135 Å². The summed E-state index contributed by atoms with van der Waals surface area (Å²) in [6, 6.07) is 0. The Labute approximate surface area is 197 Å². The molecular weight excluding hydrogens is 392 g/mol. The first-order chi connectivity index (χ1) is 15.1. The number of rotatable bonds is 4. The third kappa shape index (κ3) is 3.84. The van der Waals surface area contributed by atoms with E-state index in [9.17, 15) is 10.2 Å². The average molecular weight is 443 g/mol. The van der Waals surface area contributed by atoms with Crippen molar-refractivity contribution in [1.82, 2.24) is 0 Å². The lowest BCUT2D eigenvalue weighted by atomic mass is 9.46. The van der Waals surface area contributed by atoms with E-state index in [1.165, 1.54) is 64.2 Å². The van der Waals surface area contributed by atoms with Gasteiger partial charge in [-0.1, -0.05) is 51.7 Å². The van der Waals surface area contributed by atoms with Gasteiger partial charge >= 0.3 is 0 Å². The molecule has 8 atom stereocenters. The van der Waals surface area contributed by atoms with Gasteiger partial charge < -0.3 is 10.2 Å². The van der Waals surface area contributed by atoms with Crippen molar-refractivity contribution in [3.8, 4) is 0 Å². The molecule has 0 saturated heterocycles. The van der Waals surface area contributed by atoms with Crippen LogP contribution in [0, 0.1) is 40.4 Å². The molecule has 4 fully saturated rings. The first-order valence-corrected chi connectivity index (χ1v) is 14.2. The molecule has 0 aromatic rings. The fourth-order valence-electron chi connectivity index (χ4n) is 9.94. The number of hydrogen-bond donors (Lipinski definition) is 2. The Morgan fingerprint density at radius 3 is 2.41 bits per heavy atom. The zero-order valence-electron chi connectivity index (χ0n) is 21.5. The molecule has 0 aliphatic heterocycles. The number of fused-ring (bicyclic) bond motifs is 5. The highest BCUT2D eigenvalue weighted by atomic mass is 16.3. The molecule has 5 rings (SSSR count). The van der Waals surface area contributed by atoms with Gasteiger partial charge in [-0.05, 0) is 124 Å². The predicted molar refractivity (Wildman–Crippen MR) is 132 cm³/mol. The molecule has 182 valence electrons. The molecule has 0 unspecified atom stereocenters. The molecule has 0 heterocycles. The minimum absolute atomic E-state index is 0.334. The zero-order valence-corrected chi connectivity index (χ0v) is 21.5. The standard InChI is InChI=1S/C30H50O2/c1-21(12-17-30(32)14-6-5-7-15-30)24-10-11-25-23-9-8-22-20-27(2,31)18-19-28(22,3)26(23)13-16-29(24,25)4/h8,21,23-26,31-32H,5-7,9-20H2,1-4H3/t21-,23+,24-,25+,26+,27+,28+,29-/m1/s1. The van der Waals surface area contributed by atoms with Crippen LogP contribution in [0.1, 0.15) is 124 Å². The van der Waals surface area contributed by atoms with Crippen molar-refractivity contribution in [3.63, 3.8) is 0 Å². The molecule has 32 heavy (non-hydrogen) atoms. The van der Waals surface area contributed by atoms with Crippen molar-refractivity contribution in [2.24, 2.45) is 40.4 Å². The van der Waals surface area contributed by atoms with Crippen molar-refractivity contribution in [2.75, 3.05) is 0 Å². The Hall–Kier alpha value is -0.340. The van der Waals surface area contributed by atoms with Gasteiger partial charge in [0.05, 0.1) is 11.2 Å². The van der Waals surface area contributed by atoms with E-state index in [2.05, 4.69) is 26.8 Å². The van der Waals surface area contributed by atoms with E-state index in [1.807, 2.05) is 6.92 Å². The molecule has 2 N–H and O–H groups in total. The van der Waals surface area contributed by atoms with Gasteiger partial charge in [-0.15, -0.1) is 0 Å². The summed E-state index contributed by atoms with van der Waals surface area (Å²) in [6.45, 7) is 9.77. The van der Waals surface area contributed by atoms with Crippen molar-refractivity contribution in [1.29, 1.82) is 0 Å². The van der Waals surface area contributed by atoms with Gasteiger partial charge in [0.25, 0.3) is 0 Å². The maximum absolute atomic E-state index is 11.1. The molecule has 0 aromatic heterocycles. The predicted octanol–water partition coefficient (Wildman–Crippen LogP) is 7.43. The molecule has 0 amide bonds. The van der Waals surface area contributed by atoms with Gasteiger partial charge in [0.2, 0.25) is 0 Å². The molecule has 0 spiro atoms. The lowest BCUT2D eigenvalue weighted by molar-refractivity contribution is -0.0723. The molecule has 2 heteroatoms. The third-order valence-corrected chi connectivity index (χ3v) is 12.0. The summed E-state index contributed by atoms with van der Waals surface area (Å²) in [7, 11) is 0. The van der Waals surface area contributed by atoms with E-state index in [0.29, 0.717) is 10.8 Å². The first-order valence-electron chi connectivity index (χ1n) is 14.2. The molecule has 2 nitrogen and oxygen atoms in total. The van der Waals surface area contributed by atoms with Crippen LogP contribution in [-0.2, 0) is 0 Å². The molecule has 5 aliphatic carbocycles. The summed E-state index contributed by atoms with van der Waals surface area (Å²) in [4.78, 5) is 0. The van der Waals surface area contributed by atoms with Crippen molar-refractivity contribution >= 4 is 0 Å². The van der Waals surface area contributed by atoms with E-state index in [4.69, 9.17) is 0 Å². The van der Waals surface area contributed by atoms with Crippen LogP contribution in [0.5, 0.6) is 0 Å². The average Bonchev–Trinajstić information content (AvgIpc) is 3.10. The van der Waals surface area contributed by atoms with Crippen LogP contribution in [0.3, 0.4) is 0 Å². The summed E-state index contributed by atoms with van der Waals surface area (Å²) < 4.78 is 0. The monoisotopic (exact) mass is 442 g/mol. The topological polar surface area (TPSA) is 40.5 Å². The van der Waals surface area contributed by atoms with Gasteiger partial charge in [-0.2, -0.15) is 0 Å². The number of hydrogen-bond acceptors (Lipinski definition) is 2. The highest BCUT2D eigenvalue weighted by Gasteiger charge is 2.59. The van der Waals surface area contributed by atoms with E-state index in [0.717, 1.165) is 61.7 Å². The SMILES string of the molecule is C[C@H](CCC1(O)CCCCC1)[C@H]1CC[C@H]2[C@@H]3CC=C4C[C@@](C)(O)CC[C@]4(C)[C@H]3CC[C@]12C. The fraction of sp³-hybridized carbons (Fsp3) is 0.933. The Kier molecular flexibility index (Phi) is 5.93. The smallest absolute Gasteiger partial charge is 0.0657 e. The quantitative estimate of drug-likeness (QED) is 0.444. The Balaban J connectivity index is 1.29. The summed E-state index contributed by atoms with van der Waals surface area (Å²) in [5.74, 6) is 4.14. The van der Waals surface area contributed by atoms with Crippen LogP contribution in [0.15, 0.2) is 11.6 Å². The molecule has 5 aliphatic rings. The summed E-state index contributed by atoms with van der Waals surface area (Å²) >= 11 is 0.